The number of rotatable bonds is 9. The Bertz CT molecular complexity index is 980. The fourth-order valence-corrected chi connectivity index (χ4v) is 5.05. The van der Waals surface area contributed by atoms with Crippen molar-refractivity contribution in [2.45, 2.75) is 13.3 Å². The zero-order valence-electron chi connectivity index (χ0n) is 17.9. The van der Waals surface area contributed by atoms with Crippen molar-refractivity contribution in [1.29, 1.82) is 0 Å². The average Bonchev–Trinajstić information content (AvgIpc) is 3.04. The van der Waals surface area contributed by atoms with E-state index in [4.69, 9.17) is 31.5 Å². The summed E-state index contributed by atoms with van der Waals surface area (Å²) in [7, 11) is 0. The van der Waals surface area contributed by atoms with Crippen LogP contribution in [0.4, 0.5) is 0 Å². The van der Waals surface area contributed by atoms with E-state index < -0.39 is 5.97 Å². The Morgan fingerprint density at radius 1 is 1.30 bits per heavy atom. The molecule has 1 aromatic rings. The summed E-state index contributed by atoms with van der Waals surface area (Å²) in [6, 6.07) is 3.47. The molecule has 33 heavy (non-hydrogen) atoms. The highest BCUT2D eigenvalue weighted by atomic mass is 79.9. The quantitative estimate of drug-likeness (QED) is 0.361. The van der Waals surface area contributed by atoms with Crippen LogP contribution in [0.5, 0.6) is 11.5 Å². The number of ether oxygens (including phenoxy) is 3. The van der Waals surface area contributed by atoms with Gasteiger partial charge in [0.15, 0.2) is 18.1 Å². The Kier molecular flexibility index (Phi) is 9.12. The Balaban J connectivity index is 1.76. The Hall–Kier alpha value is -2.15. The smallest absolute Gasteiger partial charge is 0.305 e. The van der Waals surface area contributed by atoms with Crippen LogP contribution in [-0.4, -0.2) is 83.1 Å². The highest BCUT2D eigenvalue weighted by molar-refractivity contribution is 9.10. The number of morpholine rings is 1. The van der Waals surface area contributed by atoms with E-state index >= 15 is 0 Å². The monoisotopic (exact) mass is 558 g/mol. The van der Waals surface area contributed by atoms with Gasteiger partial charge >= 0.3 is 5.97 Å². The second-order valence-electron chi connectivity index (χ2n) is 7.02. The summed E-state index contributed by atoms with van der Waals surface area (Å²) < 4.78 is 17.6. The molecule has 9 nitrogen and oxygen atoms in total. The number of benzene rings is 1. The number of thioether (sulfide) groups is 1. The summed E-state index contributed by atoms with van der Waals surface area (Å²) in [5.74, 6) is -0.654. The van der Waals surface area contributed by atoms with Crippen LogP contribution in [0.1, 0.15) is 18.9 Å². The van der Waals surface area contributed by atoms with E-state index in [0.29, 0.717) is 63.7 Å². The van der Waals surface area contributed by atoms with Crippen molar-refractivity contribution >= 4 is 68.1 Å². The van der Waals surface area contributed by atoms with Crippen molar-refractivity contribution in [1.82, 2.24) is 9.80 Å². The van der Waals surface area contributed by atoms with Crippen LogP contribution in [0.15, 0.2) is 21.5 Å². The van der Waals surface area contributed by atoms with E-state index in [2.05, 4.69) is 15.9 Å². The highest BCUT2D eigenvalue weighted by Gasteiger charge is 2.32. The number of hydrogen-bond acceptors (Lipinski definition) is 8. The van der Waals surface area contributed by atoms with Gasteiger partial charge in [-0.25, -0.2) is 0 Å². The molecule has 2 amide bonds. The maximum atomic E-state index is 12.7. The van der Waals surface area contributed by atoms with E-state index in [9.17, 15) is 14.4 Å². The predicted octanol–water partition coefficient (Wildman–Crippen LogP) is 2.76. The van der Waals surface area contributed by atoms with Gasteiger partial charge in [-0.15, -0.1) is 0 Å². The van der Waals surface area contributed by atoms with Crippen LogP contribution in [0, 0.1) is 0 Å². The van der Waals surface area contributed by atoms with Gasteiger partial charge in [0.1, 0.15) is 4.32 Å². The number of carboxylic acid groups (broad SMARTS) is 1. The lowest BCUT2D eigenvalue weighted by atomic mass is 10.1. The molecule has 0 saturated carbocycles. The van der Waals surface area contributed by atoms with Gasteiger partial charge in [0.25, 0.3) is 11.8 Å². The molecule has 0 bridgehead atoms. The molecule has 0 radical (unpaired) electrons. The highest BCUT2D eigenvalue weighted by Crippen LogP contribution is 2.39. The first-order valence-corrected chi connectivity index (χ1v) is 12.2. The summed E-state index contributed by atoms with van der Waals surface area (Å²) in [5.41, 5.74) is 0.663. The lowest BCUT2D eigenvalue weighted by molar-refractivity contribution is -0.138. The molecular weight excluding hydrogens is 536 g/mol. The van der Waals surface area contributed by atoms with Crippen molar-refractivity contribution < 1.29 is 33.7 Å². The first-order valence-electron chi connectivity index (χ1n) is 10.2. The largest absolute Gasteiger partial charge is 0.490 e. The Morgan fingerprint density at radius 2 is 2.03 bits per heavy atom. The van der Waals surface area contributed by atoms with Crippen molar-refractivity contribution in [2.75, 3.05) is 46.1 Å². The molecule has 0 aliphatic carbocycles. The fraction of sp³-hybridized carbons (Fsp3) is 0.429. The normalized spacial score (nSPS) is 17.6. The second-order valence-corrected chi connectivity index (χ2v) is 9.55. The van der Waals surface area contributed by atoms with Gasteiger partial charge in [0.2, 0.25) is 0 Å². The lowest BCUT2D eigenvalue weighted by Gasteiger charge is -2.27. The molecule has 0 unspecified atom stereocenters. The minimum Gasteiger partial charge on any atom is -0.490 e. The van der Waals surface area contributed by atoms with Gasteiger partial charge in [-0.3, -0.25) is 19.3 Å². The summed E-state index contributed by atoms with van der Waals surface area (Å²) in [5, 5.41) is 8.87. The Morgan fingerprint density at radius 3 is 2.70 bits per heavy atom. The van der Waals surface area contributed by atoms with E-state index in [0.717, 1.165) is 11.8 Å². The number of halogens is 1. The average molecular weight is 559 g/mol. The third-order valence-electron chi connectivity index (χ3n) is 4.76. The van der Waals surface area contributed by atoms with E-state index in [-0.39, 0.29) is 31.4 Å². The van der Waals surface area contributed by atoms with Crippen molar-refractivity contribution in [3.63, 3.8) is 0 Å². The van der Waals surface area contributed by atoms with Crippen molar-refractivity contribution in [3.8, 4) is 11.5 Å². The van der Waals surface area contributed by atoms with Crippen LogP contribution in [0.2, 0.25) is 0 Å². The number of hydrogen-bond donors (Lipinski definition) is 1. The van der Waals surface area contributed by atoms with E-state index in [1.165, 1.54) is 4.90 Å². The predicted molar refractivity (Wildman–Crippen MR) is 130 cm³/mol. The molecule has 3 rings (SSSR count). The first kappa shape index (κ1) is 25.5. The van der Waals surface area contributed by atoms with Gasteiger partial charge in [-0.1, -0.05) is 24.0 Å². The number of amides is 2. The van der Waals surface area contributed by atoms with Crippen LogP contribution in [0.25, 0.3) is 6.08 Å². The molecule has 178 valence electrons. The van der Waals surface area contributed by atoms with E-state index in [1.54, 1.807) is 23.1 Å². The molecule has 2 heterocycles. The number of nitrogens with zero attached hydrogens (tertiary/aromatic N) is 2. The molecule has 1 aromatic carbocycles. The lowest BCUT2D eigenvalue weighted by Crippen LogP contribution is -2.43. The molecule has 2 aliphatic heterocycles. The topological polar surface area (TPSA) is 106 Å². The van der Waals surface area contributed by atoms with Crippen LogP contribution < -0.4 is 9.47 Å². The zero-order valence-corrected chi connectivity index (χ0v) is 21.1. The molecule has 12 heteroatoms. The van der Waals surface area contributed by atoms with Crippen molar-refractivity contribution in [3.05, 3.63) is 27.1 Å². The van der Waals surface area contributed by atoms with Gasteiger partial charge in [0, 0.05) is 19.6 Å². The fourth-order valence-electron chi connectivity index (χ4n) is 3.16. The van der Waals surface area contributed by atoms with Gasteiger partial charge < -0.3 is 24.2 Å². The number of carbonyl (C=O) groups excluding carboxylic acids is 2. The SMILES string of the molecule is CCOc1cc(/C=C2/SC(=S)N(CCC(=O)O)C2=O)cc(Br)c1OCC(=O)N1CCOCC1. The molecule has 2 saturated heterocycles. The minimum atomic E-state index is -0.999. The second kappa shape index (κ2) is 11.8. The third kappa shape index (κ3) is 6.69. The molecule has 0 aromatic heterocycles. The van der Waals surface area contributed by atoms with Gasteiger partial charge in [0.05, 0.1) is 35.6 Å². The summed E-state index contributed by atoms with van der Waals surface area (Å²) in [4.78, 5) is 39.3. The summed E-state index contributed by atoms with van der Waals surface area (Å²) >= 11 is 9.81. The summed E-state index contributed by atoms with van der Waals surface area (Å²) in [6.45, 7) is 4.18. The molecule has 1 N–H and O–H groups in total. The Labute approximate surface area is 209 Å². The molecule has 2 fully saturated rings. The molecule has 0 atom stereocenters. The third-order valence-corrected chi connectivity index (χ3v) is 6.72. The number of carbonyl (C=O) groups is 3. The zero-order chi connectivity index (χ0) is 24.0. The first-order chi connectivity index (χ1) is 15.8. The van der Waals surface area contributed by atoms with Crippen LogP contribution in [-0.2, 0) is 19.1 Å². The maximum Gasteiger partial charge on any atom is 0.305 e. The van der Waals surface area contributed by atoms with Gasteiger partial charge in [-0.05, 0) is 46.6 Å². The maximum absolute atomic E-state index is 12.7. The van der Waals surface area contributed by atoms with Crippen LogP contribution in [0.3, 0.4) is 0 Å². The van der Waals surface area contributed by atoms with Gasteiger partial charge in [-0.2, -0.15) is 0 Å². The molecule has 2 aliphatic rings. The molecule has 0 spiro atoms. The minimum absolute atomic E-state index is 0.0230. The standard InChI is InChI=1S/C21H23BrN2O7S2/c1-2-30-15-10-13(11-16-20(28)24(21(32)33-16)4-3-18(26)27)9-14(22)19(15)31-12-17(25)23-5-7-29-8-6-23/h9-11H,2-8,12H2,1H3,(H,26,27)/b16-11+. The summed E-state index contributed by atoms with van der Waals surface area (Å²) in [6.07, 6.45) is 1.48. The van der Waals surface area contributed by atoms with Crippen molar-refractivity contribution in [2.24, 2.45) is 0 Å². The number of thiocarbonyl (C=S) groups is 1. The van der Waals surface area contributed by atoms with Crippen LogP contribution >= 0.6 is 39.9 Å². The number of carboxylic acids is 1. The number of aliphatic carboxylic acids is 1. The molecular formula is C21H23BrN2O7S2. The van der Waals surface area contributed by atoms with E-state index in [1.807, 2.05) is 6.92 Å².